The van der Waals surface area contributed by atoms with Gasteiger partial charge >= 0.3 is 0 Å². The largest absolute Gasteiger partial charge is 0.466 e. The zero-order chi connectivity index (χ0) is 94.3. The van der Waals surface area contributed by atoms with E-state index in [2.05, 4.69) is 198 Å². The van der Waals surface area contributed by atoms with Crippen molar-refractivity contribution in [1.29, 1.82) is 0 Å². The Morgan fingerprint density at radius 2 is 0.544 bits per heavy atom. The fourth-order valence-electron chi connectivity index (χ4n) is 19.0. The molecule has 23 rings (SSSR count). The molecule has 0 amide bonds. The minimum Gasteiger partial charge on any atom is -0.466 e. The van der Waals surface area contributed by atoms with Crippen molar-refractivity contribution in [3.05, 3.63) is 430 Å². The minimum atomic E-state index is 0.561. The highest BCUT2D eigenvalue weighted by Crippen LogP contribution is 2.49. The van der Waals surface area contributed by atoms with Gasteiger partial charge in [-0.05, 0) is 164 Å². The van der Waals surface area contributed by atoms with Crippen molar-refractivity contribution in [3.63, 3.8) is 0 Å². The van der Waals surface area contributed by atoms with E-state index >= 15 is 0 Å². The van der Waals surface area contributed by atoms with E-state index in [9.17, 15) is 0 Å². The second-order valence-corrected chi connectivity index (χ2v) is 34.3. The third kappa shape index (κ3) is 15.8. The molecular weight excluding hydrogens is 1670 g/mol. The Balaban J connectivity index is 0.000000109. The number of fused-ring (bicyclic) bond motifs is 15. The van der Waals surface area contributed by atoms with Crippen molar-refractivity contribution >= 4 is 138 Å². The van der Waals surface area contributed by atoms with E-state index in [-0.39, 0.29) is 0 Å². The van der Waals surface area contributed by atoms with Gasteiger partial charge in [-0.15, -0.1) is 0 Å². The van der Waals surface area contributed by atoms with E-state index in [0.29, 0.717) is 39.6 Å². The monoisotopic (exact) mass is 1770 g/mol. The lowest BCUT2D eigenvalue weighted by Gasteiger charge is -2.05. The van der Waals surface area contributed by atoms with E-state index < -0.39 is 0 Å². The first-order chi connectivity index (χ1) is 66.3. The average Bonchev–Trinajstić information content (AvgIpc) is 1.61. The lowest BCUT2D eigenvalue weighted by molar-refractivity contribution is -0.660. The van der Waals surface area contributed by atoms with E-state index in [1.54, 1.807) is 0 Å². The third-order valence-corrected chi connectivity index (χ3v) is 25.9. The van der Waals surface area contributed by atoms with Gasteiger partial charge in [0.05, 0.1) is 60.7 Å². The molecule has 0 spiro atoms. The predicted octanol–water partition coefficient (Wildman–Crippen LogP) is 30.6. The fraction of sp³-hybridized carbons (Fsp3) is 0.107. The van der Waals surface area contributed by atoms with Crippen LogP contribution in [0.4, 0.5) is 28.4 Å². The Bertz CT molecular complexity index is 8880. The normalized spacial score (nSPS) is 11.1. The van der Waals surface area contributed by atoms with E-state index in [0.717, 1.165) is 228 Å². The van der Waals surface area contributed by atoms with Crippen LogP contribution in [0.5, 0.6) is 0 Å². The van der Waals surface area contributed by atoms with Gasteiger partial charge in [-0.25, -0.2) is 47.1 Å². The van der Waals surface area contributed by atoms with Crippen molar-refractivity contribution < 1.29 is 44.9 Å². The Morgan fingerprint density at radius 1 is 0.235 bits per heavy atom. The van der Waals surface area contributed by atoms with Crippen molar-refractivity contribution in [3.8, 4) is 89.7 Å². The van der Waals surface area contributed by atoms with Crippen LogP contribution >= 0.6 is 0 Å². The summed E-state index contributed by atoms with van der Waals surface area (Å²) in [5.74, 6) is 0. The molecule has 0 bridgehead atoms. The maximum atomic E-state index is 7.84. The summed E-state index contributed by atoms with van der Waals surface area (Å²) in [6.07, 6.45) is 11.0. The summed E-state index contributed by atoms with van der Waals surface area (Å²) < 4.78 is 42.3. The molecule has 0 saturated carbocycles. The molecule has 136 heavy (non-hydrogen) atoms. The highest BCUT2D eigenvalue weighted by molar-refractivity contribution is 6.18. The number of furan rings is 5. The second kappa shape index (κ2) is 36.8. The smallest absolute Gasteiger partial charge is 0.237 e. The Kier molecular flexibility index (Phi) is 23.6. The van der Waals surface area contributed by atoms with Crippen molar-refractivity contribution in [2.24, 2.45) is 35.2 Å². The van der Waals surface area contributed by atoms with Crippen LogP contribution in [0.1, 0.15) is 45.9 Å². The molecule has 10 aromatic heterocycles. The van der Waals surface area contributed by atoms with Gasteiger partial charge < -0.3 is 22.1 Å². The summed E-state index contributed by atoms with van der Waals surface area (Å²) >= 11 is 0. The van der Waals surface area contributed by atoms with E-state index in [1.807, 2.05) is 267 Å². The number of rotatable bonds is 9. The third-order valence-electron chi connectivity index (χ3n) is 25.9. The van der Waals surface area contributed by atoms with Gasteiger partial charge in [0.15, 0.2) is 48.0 Å². The summed E-state index contributed by atoms with van der Waals surface area (Å²) in [6.45, 7) is 52.7. The van der Waals surface area contributed by atoms with Gasteiger partial charge in [0.1, 0.15) is 91.1 Å². The first-order valence-electron chi connectivity index (χ1n) is 45.0. The van der Waals surface area contributed by atoms with Gasteiger partial charge in [-0.1, -0.05) is 201 Å². The van der Waals surface area contributed by atoms with Crippen molar-refractivity contribution in [2.45, 2.75) is 54.9 Å². The topological polar surface area (TPSA) is 107 Å². The van der Waals surface area contributed by atoms with Crippen molar-refractivity contribution in [1.82, 2.24) is 0 Å². The summed E-state index contributed by atoms with van der Waals surface area (Å²) in [6, 6.07) is 102. The number of benzene rings is 13. The van der Waals surface area contributed by atoms with Crippen LogP contribution in [0.3, 0.4) is 0 Å². The molecule has 0 atom stereocenters. The highest BCUT2D eigenvalue weighted by Gasteiger charge is 2.29. The first kappa shape index (κ1) is 87.4. The second-order valence-electron chi connectivity index (χ2n) is 34.3. The average molecular weight is 1770 g/mol. The van der Waals surface area contributed by atoms with Crippen LogP contribution in [0, 0.1) is 74.4 Å². The highest BCUT2D eigenvalue weighted by atomic mass is 16.3. The maximum Gasteiger partial charge on any atom is 0.237 e. The molecule has 0 aliphatic rings. The Morgan fingerprint density at radius 3 is 0.934 bits per heavy atom. The summed E-state index contributed by atoms with van der Waals surface area (Å²) in [7, 11) is 10.2. The zero-order valence-electron chi connectivity index (χ0n) is 77.5. The number of hydrogen-bond acceptors (Lipinski definition) is 5. The molecule has 15 heteroatoms. The van der Waals surface area contributed by atoms with Crippen LogP contribution in [-0.4, -0.2) is 0 Å². The molecule has 0 N–H and O–H groups in total. The van der Waals surface area contributed by atoms with Gasteiger partial charge in [0.2, 0.25) is 39.8 Å². The lowest BCUT2D eigenvalue weighted by atomic mass is 9.98. The molecule has 652 valence electrons. The molecule has 10 heterocycles. The van der Waals surface area contributed by atoms with E-state index in [1.165, 1.54) is 5.56 Å². The lowest BCUT2D eigenvalue weighted by Crippen LogP contribution is -2.30. The van der Waals surface area contributed by atoms with Crippen LogP contribution in [-0.2, 0) is 41.7 Å². The van der Waals surface area contributed by atoms with Crippen LogP contribution in [0.25, 0.3) is 224 Å². The molecule has 0 aliphatic heterocycles. The molecule has 0 unspecified atom stereocenters. The zero-order valence-corrected chi connectivity index (χ0v) is 77.5. The van der Waals surface area contributed by atoms with Crippen molar-refractivity contribution in [2.75, 3.05) is 0 Å². The number of hydrogen-bond donors (Lipinski definition) is 0. The molecule has 15 nitrogen and oxygen atoms in total. The van der Waals surface area contributed by atoms with Crippen LogP contribution in [0.2, 0.25) is 0 Å². The SMILES string of the molecule is [C-]#[N+]c1c(-c2ccccc2)ccc2c1oc1c(-c3cccc[n+]3C)c(C)ccc12.[C-]#[N+]c1cc(C)cc2c1oc1c(-c3cccc[n+]3C)c(C)ccc12.[C-]#[N+]c1cc2c(cc1-c1ccccc1)oc1c(-c3cccc[n+]3C)c(C)ccc12.[C-]#[N+]c1cc2oc3c(-c4cccc[n+]4C)c(C)ccc3c2cc1-c1ccccc1.[C-]#[N+]c1ccc2c(oc3c(-c4cccc[n+]4C)c(C)ccc32)c1CC. The van der Waals surface area contributed by atoms with Gasteiger partial charge in [-0.2, -0.15) is 0 Å². The standard InChI is InChI=1S/3C26H19N2O.C22H19N2O.C21H17N2O/c1-17-12-13-20-21-15-14-19(18-9-5-4-6-10-18)24(27-2)26(21)29-25(20)23(17)22-11-7-8-16-28(22)3;1-17-12-13-19-21-15-22(27-2)20(18-9-5-4-6-10-18)16-24(21)29-26(19)25(17)23-11-7-8-14-28(23)3;1-17-12-13-19-21-15-20(18-9-5-4-6-10-18)22(27-2)16-24(21)29-26(19)25(17)23-11-7-8-14-28(23)3;1-5-15-18(23-3)12-11-16-17-10-9-14(2)20(22(17)25-21(15)16)19-8-6-7-13-24(19)4;1-13-11-16-15-9-8-14(2)19(18-7-5-6-10-23(18)4)21(15)24-20(16)17(12-13)22-3/h3*4-16H,1,3H3;6-13H,5H2,1-2,4H3;5-12H,1-2,4H3/q5*+1. The number of aromatic nitrogens is 5. The predicted molar refractivity (Wildman–Crippen MR) is 547 cm³/mol. The van der Waals surface area contributed by atoms with Crippen LogP contribution in [0.15, 0.2) is 356 Å². The maximum absolute atomic E-state index is 7.84. The quantitative estimate of drug-likeness (QED) is 0.106. The number of nitrogens with zero attached hydrogens (tertiary/aromatic N) is 10. The molecule has 0 radical (unpaired) electrons. The summed E-state index contributed by atoms with van der Waals surface area (Å²) in [5, 5.41) is 10.4. The molecular formula is C121H93N10O5+5. The number of pyridine rings is 5. The van der Waals surface area contributed by atoms with Gasteiger partial charge in [-0.3, -0.25) is 0 Å². The van der Waals surface area contributed by atoms with Gasteiger partial charge in [0, 0.05) is 120 Å². The minimum absolute atomic E-state index is 0.561. The Hall–Kier alpha value is -17.9. The van der Waals surface area contributed by atoms with E-state index in [4.69, 9.17) is 54.9 Å². The fourth-order valence-corrected chi connectivity index (χ4v) is 19.0. The van der Waals surface area contributed by atoms with Gasteiger partial charge in [0.25, 0.3) is 0 Å². The summed E-state index contributed by atoms with van der Waals surface area (Å²) in [5.41, 5.74) is 35.7. The van der Waals surface area contributed by atoms with Crippen LogP contribution < -0.4 is 22.8 Å². The molecule has 0 saturated heterocycles. The number of aryl methyl sites for hydroxylation is 12. The Labute approximate surface area is 788 Å². The molecule has 23 aromatic rings. The first-order valence-corrected chi connectivity index (χ1v) is 45.0. The molecule has 0 fully saturated rings. The molecule has 13 aromatic carbocycles. The summed E-state index contributed by atoms with van der Waals surface area (Å²) in [4.78, 5) is 18.7. The molecule has 0 aliphatic carbocycles.